The number of aliphatic hydroxyl groups is 1. The second-order valence-corrected chi connectivity index (χ2v) is 10.1. The average molecular weight is 551 g/mol. The van der Waals surface area contributed by atoms with Crippen LogP contribution in [-0.2, 0) is 10.0 Å². The molecule has 200 valence electrons. The number of allylic oxidation sites excluding steroid dienone is 1. The molecule has 0 aliphatic heterocycles. The molecule has 0 amide bonds. The molecular formula is C28H24F2N4O4S. The number of methoxy groups -OCH3 is 1. The van der Waals surface area contributed by atoms with Crippen molar-refractivity contribution in [2.75, 3.05) is 18.4 Å². The smallest absolute Gasteiger partial charge is 0.264 e. The molecule has 0 saturated heterocycles. The summed E-state index contributed by atoms with van der Waals surface area (Å²) in [4.78, 5) is 11.6. The molecule has 39 heavy (non-hydrogen) atoms. The monoisotopic (exact) mass is 550 g/mol. The fourth-order valence-electron chi connectivity index (χ4n) is 4.01. The number of benzene rings is 2. The maximum absolute atomic E-state index is 14.2. The second-order valence-electron chi connectivity index (χ2n) is 8.42. The van der Waals surface area contributed by atoms with E-state index < -0.39 is 26.6 Å². The van der Waals surface area contributed by atoms with E-state index in [4.69, 9.17) is 4.74 Å². The quantitative estimate of drug-likeness (QED) is 0.214. The summed E-state index contributed by atoms with van der Waals surface area (Å²) in [5.41, 5.74) is 4.21. The van der Waals surface area contributed by atoms with Gasteiger partial charge in [-0.25, -0.2) is 22.2 Å². The van der Waals surface area contributed by atoms with Gasteiger partial charge < -0.3 is 9.84 Å². The van der Waals surface area contributed by atoms with Crippen molar-refractivity contribution in [1.82, 2.24) is 9.97 Å². The minimum absolute atomic E-state index is 0.0315. The van der Waals surface area contributed by atoms with E-state index in [1.165, 1.54) is 25.6 Å². The highest BCUT2D eigenvalue weighted by Gasteiger charge is 2.22. The number of nitrogens with one attached hydrogen (secondary N) is 1. The van der Waals surface area contributed by atoms with Gasteiger partial charge in [0.1, 0.15) is 22.2 Å². The van der Waals surface area contributed by atoms with Crippen LogP contribution in [0.25, 0.3) is 27.6 Å². The molecule has 0 fully saturated rings. The van der Waals surface area contributed by atoms with Gasteiger partial charge in [0, 0.05) is 35.6 Å². The first-order chi connectivity index (χ1) is 18.7. The summed E-state index contributed by atoms with van der Waals surface area (Å²) in [6.07, 6.45) is 6.46. The van der Waals surface area contributed by atoms with Crippen LogP contribution in [0.15, 0.2) is 88.7 Å². The Bertz CT molecular complexity index is 1740. The Kier molecular flexibility index (Phi) is 8.12. The van der Waals surface area contributed by atoms with E-state index in [1.807, 2.05) is 25.1 Å². The number of ether oxygens (including phenoxy) is 1. The molecular weight excluding hydrogens is 526 g/mol. The number of nitrogens with zero attached hydrogens (tertiary/aromatic N) is 3. The van der Waals surface area contributed by atoms with Crippen LogP contribution in [0.5, 0.6) is 5.88 Å². The zero-order valence-electron chi connectivity index (χ0n) is 21.0. The molecule has 0 radical (unpaired) electrons. The Hall–Kier alpha value is -4.48. The topological polar surface area (TPSA) is 114 Å². The van der Waals surface area contributed by atoms with Crippen LogP contribution >= 0.6 is 0 Å². The van der Waals surface area contributed by atoms with E-state index in [9.17, 15) is 22.3 Å². The predicted octanol–water partition coefficient (Wildman–Crippen LogP) is 5.36. The van der Waals surface area contributed by atoms with E-state index in [1.54, 1.807) is 18.3 Å². The minimum atomic E-state index is -4.43. The lowest BCUT2D eigenvalue weighted by Crippen LogP contribution is -2.15. The molecule has 2 N–H and O–H groups in total. The van der Waals surface area contributed by atoms with Crippen LogP contribution in [0, 0.1) is 11.6 Å². The van der Waals surface area contributed by atoms with Gasteiger partial charge in [-0.2, -0.15) is 0 Å². The fourth-order valence-corrected chi connectivity index (χ4v) is 5.11. The third kappa shape index (κ3) is 6.00. The van der Waals surface area contributed by atoms with Crippen LogP contribution in [0.4, 0.5) is 14.5 Å². The standard InChI is InChI=1S/C28H24F2N4O4S/c1-17(10-18(16-35)14-31-2)22-8-9-32-25-6-4-19(11-23(22)25)20-12-26(28(38-3)33-15-20)34-39(36,37)27-7-5-21(29)13-24(27)30/h4-15,34-35H,2,16H2,1,3H3/b17-10+,18-14+. The summed E-state index contributed by atoms with van der Waals surface area (Å²) in [7, 11) is -3.11. The Labute approximate surface area is 224 Å². The van der Waals surface area contributed by atoms with E-state index in [0.29, 0.717) is 22.8 Å². The van der Waals surface area contributed by atoms with Crippen molar-refractivity contribution in [2.24, 2.45) is 4.99 Å². The first-order valence-electron chi connectivity index (χ1n) is 11.5. The maximum Gasteiger partial charge on any atom is 0.264 e. The Balaban J connectivity index is 1.78. The zero-order valence-corrected chi connectivity index (χ0v) is 21.8. The molecule has 0 spiro atoms. The van der Waals surface area contributed by atoms with Crippen LogP contribution < -0.4 is 9.46 Å². The van der Waals surface area contributed by atoms with Crippen LogP contribution in [0.1, 0.15) is 12.5 Å². The zero-order chi connectivity index (χ0) is 28.2. The summed E-state index contributed by atoms with van der Waals surface area (Å²) in [5, 5.41) is 10.4. The molecule has 2 aromatic heterocycles. The van der Waals surface area contributed by atoms with Gasteiger partial charge in [-0.15, -0.1) is 0 Å². The van der Waals surface area contributed by atoms with Gasteiger partial charge in [0.2, 0.25) is 5.88 Å². The Morgan fingerprint density at radius 2 is 1.92 bits per heavy atom. The number of hydrogen-bond donors (Lipinski definition) is 2. The highest BCUT2D eigenvalue weighted by molar-refractivity contribution is 7.92. The van der Waals surface area contributed by atoms with Gasteiger partial charge in [-0.1, -0.05) is 12.1 Å². The molecule has 0 atom stereocenters. The predicted molar refractivity (Wildman–Crippen MR) is 147 cm³/mol. The number of rotatable bonds is 9. The number of pyridine rings is 2. The second kappa shape index (κ2) is 11.5. The molecule has 0 saturated carbocycles. The summed E-state index contributed by atoms with van der Waals surface area (Å²) in [6.45, 7) is 5.11. The fraction of sp³-hybridized carbons (Fsp3) is 0.107. The van der Waals surface area contributed by atoms with Crippen molar-refractivity contribution < 1.29 is 27.0 Å². The molecule has 0 bridgehead atoms. The van der Waals surface area contributed by atoms with Crippen molar-refractivity contribution in [2.45, 2.75) is 11.8 Å². The normalized spacial score (nSPS) is 12.4. The number of hydrogen-bond acceptors (Lipinski definition) is 7. The molecule has 4 aromatic rings. The van der Waals surface area contributed by atoms with E-state index >= 15 is 0 Å². The molecule has 0 aliphatic rings. The van der Waals surface area contributed by atoms with Crippen LogP contribution in [-0.4, -0.2) is 43.9 Å². The number of halogens is 2. The lowest BCUT2D eigenvalue weighted by atomic mass is 9.97. The van der Waals surface area contributed by atoms with Crippen LogP contribution in [0.2, 0.25) is 0 Å². The Morgan fingerprint density at radius 3 is 2.62 bits per heavy atom. The van der Waals surface area contributed by atoms with Gasteiger partial charge >= 0.3 is 0 Å². The molecule has 0 unspecified atom stereocenters. The van der Waals surface area contributed by atoms with Gasteiger partial charge in [0.25, 0.3) is 10.0 Å². The molecule has 11 heteroatoms. The largest absolute Gasteiger partial charge is 0.480 e. The van der Waals surface area contributed by atoms with Crippen LogP contribution in [0.3, 0.4) is 0 Å². The SMILES string of the molecule is C=N/C=C(\C=C(/C)c1ccnc2ccc(-c3cnc(OC)c(NS(=O)(=O)c4ccc(F)cc4F)c3)cc12)CO. The van der Waals surface area contributed by atoms with Crippen molar-refractivity contribution in [3.8, 4) is 17.0 Å². The lowest BCUT2D eigenvalue weighted by molar-refractivity contribution is 0.335. The third-order valence-electron chi connectivity index (χ3n) is 5.81. The number of fused-ring (bicyclic) bond motifs is 1. The highest BCUT2D eigenvalue weighted by Crippen LogP contribution is 2.33. The average Bonchev–Trinajstić information content (AvgIpc) is 2.91. The van der Waals surface area contributed by atoms with Crippen molar-refractivity contribution in [3.05, 3.63) is 96.0 Å². The van der Waals surface area contributed by atoms with E-state index in [0.717, 1.165) is 34.2 Å². The summed E-state index contributed by atoms with van der Waals surface area (Å²) < 4.78 is 60.8. The van der Waals surface area contributed by atoms with Gasteiger partial charge in [-0.05, 0) is 72.3 Å². The van der Waals surface area contributed by atoms with Gasteiger partial charge in [0.05, 0.1) is 19.2 Å². The first-order valence-corrected chi connectivity index (χ1v) is 13.0. The molecule has 4 rings (SSSR count). The number of aliphatic imine (C=N–C) groups is 1. The summed E-state index contributed by atoms with van der Waals surface area (Å²) in [6, 6.07) is 11.0. The van der Waals surface area contributed by atoms with E-state index in [-0.39, 0.29) is 18.2 Å². The van der Waals surface area contributed by atoms with Gasteiger partial charge in [-0.3, -0.25) is 14.7 Å². The molecule has 2 aromatic carbocycles. The summed E-state index contributed by atoms with van der Waals surface area (Å²) >= 11 is 0. The Morgan fingerprint density at radius 1 is 1.13 bits per heavy atom. The molecule has 2 heterocycles. The summed E-state index contributed by atoms with van der Waals surface area (Å²) in [5.74, 6) is -2.17. The van der Waals surface area contributed by atoms with Crippen molar-refractivity contribution >= 4 is 38.9 Å². The first kappa shape index (κ1) is 27.6. The number of aliphatic hydroxyl groups excluding tert-OH is 1. The minimum Gasteiger partial charge on any atom is -0.480 e. The van der Waals surface area contributed by atoms with Crippen molar-refractivity contribution in [1.29, 1.82) is 0 Å². The number of aromatic nitrogens is 2. The molecule has 0 aliphatic carbocycles. The van der Waals surface area contributed by atoms with E-state index in [2.05, 4.69) is 26.4 Å². The van der Waals surface area contributed by atoms with Gasteiger partial charge in [0.15, 0.2) is 0 Å². The number of anilines is 1. The third-order valence-corrected chi connectivity index (χ3v) is 7.21. The van der Waals surface area contributed by atoms with Crippen molar-refractivity contribution in [3.63, 3.8) is 0 Å². The molecule has 8 nitrogen and oxygen atoms in total. The lowest BCUT2D eigenvalue weighted by Gasteiger charge is -2.14. The highest BCUT2D eigenvalue weighted by atomic mass is 32.2. The number of sulfonamides is 1. The maximum atomic E-state index is 14.2.